The van der Waals surface area contributed by atoms with E-state index in [1.807, 2.05) is 50.3 Å². The van der Waals surface area contributed by atoms with Crippen molar-refractivity contribution < 1.29 is 24.9 Å². The van der Waals surface area contributed by atoms with Gasteiger partial charge in [-0.25, -0.2) is 0 Å². The molecule has 1 aliphatic rings. The van der Waals surface area contributed by atoms with Gasteiger partial charge in [-0.2, -0.15) is 0 Å². The molecule has 38 heavy (non-hydrogen) atoms. The lowest BCUT2D eigenvalue weighted by molar-refractivity contribution is -0.125. The first-order valence-electron chi connectivity index (χ1n) is 13.5. The van der Waals surface area contributed by atoms with Crippen LogP contribution in [0.1, 0.15) is 59.4 Å². The first-order valence-corrected chi connectivity index (χ1v) is 13.5. The zero-order valence-corrected chi connectivity index (χ0v) is 23.4. The first kappa shape index (κ1) is 31.1. The van der Waals surface area contributed by atoms with Crippen molar-refractivity contribution in [3.8, 4) is 0 Å². The van der Waals surface area contributed by atoms with Gasteiger partial charge in [-0.05, 0) is 64.0 Å². The number of hydrogen-bond donors (Lipinski definition) is 3. The van der Waals surface area contributed by atoms with E-state index in [2.05, 4.69) is 31.2 Å². The third-order valence-corrected chi connectivity index (χ3v) is 6.84. The number of aryl methyl sites for hydroxylation is 1. The van der Waals surface area contributed by atoms with Gasteiger partial charge >= 0.3 is 0 Å². The second-order valence-corrected chi connectivity index (χ2v) is 10.2. The molecule has 0 saturated carbocycles. The van der Waals surface area contributed by atoms with Crippen LogP contribution in [0.5, 0.6) is 0 Å². The predicted molar refractivity (Wildman–Crippen MR) is 154 cm³/mol. The Labute approximate surface area is 228 Å². The molecule has 206 valence electrons. The van der Waals surface area contributed by atoms with Crippen LogP contribution in [0.25, 0.3) is 0 Å². The molecule has 0 aromatic heterocycles. The van der Waals surface area contributed by atoms with E-state index in [0.29, 0.717) is 0 Å². The van der Waals surface area contributed by atoms with Crippen molar-refractivity contribution in [2.75, 3.05) is 0 Å². The van der Waals surface area contributed by atoms with Crippen LogP contribution >= 0.6 is 0 Å². The van der Waals surface area contributed by atoms with Gasteiger partial charge in [0.2, 0.25) is 5.78 Å². The number of allylic oxidation sites excluding steroid dienone is 6. The predicted octanol–water partition coefficient (Wildman–Crippen LogP) is 6.71. The highest BCUT2D eigenvalue weighted by molar-refractivity contribution is 6.00. The molecule has 1 aromatic rings. The first-order chi connectivity index (χ1) is 18.1. The van der Waals surface area contributed by atoms with Gasteiger partial charge in [0.15, 0.2) is 17.6 Å². The molecule has 1 aliphatic heterocycles. The summed E-state index contributed by atoms with van der Waals surface area (Å²) in [7, 11) is 0. The third kappa shape index (κ3) is 10.3. The van der Waals surface area contributed by atoms with Gasteiger partial charge in [0.1, 0.15) is 0 Å². The van der Waals surface area contributed by atoms with Crippen LogP contribution in [0.3, 0.4) is 0 Å². The van der Waals surface area contributed by atoms with Crippen molar-refractivity contribution in [2.45, 2.75) is 78.6 Å². The smallest absolute Gasteiger partial charge is 0.202 e. The molecule has 1 heterocycles. The van der Waals surface area contributed by atoms with Crippen molar-refractivity contribution >= 4 is 5.78 Å². The molecule has 0 fully saturated rings. The van der Waals surface area contributed by atoms with Crippen LogP contribution in [0.4, 0.5) is 0 Å². The number of carbonyl (C=O) groups is 1. The zero-order chi connectivity index (χ0) is 28.1. The van der Waals surface area contributed by atoms with Crippen molar-refractivity contribution in [3.05, 3.63) is 107 Å². The molecule has 2 rings (SSSR count). The van der Waals surface area contributed by atoms with Gasteiger partial charge in [-0.1, -0.05) is 92.3 Å². The Morgan fingerprint density at radius 2 is 1.79 bits per heavy atom. The highest BCUT2D eigenvalue weighted by atomic mass is 16.5. The number of carbonyl (C=O) groups excluding carboxylic acids is 1. The van der Waals surface area contributed by atoms with Crippen LogP contribution in [0, 0.1) is 11.8 Å². The second kappa shape index (κ2) is 16.0. The quantitative estimate of drug-likeness (QED) is 0.252. The maximum Gasteiger partial charge on any atom is 0.202 e. The Morgan fingerprint density at radius 1 is 1.08 bits per heavy atom. The lowest BCUT2D eigenvalue weighted by Crippen LogP contribution is -2.28. The number of aliphatic hydroxyl groups excluding tert-OH is 3. The topological polar surface area (TPSA) is 87.0 Å². The number of hydrogen-bond acceptors (Lipinski definition) is 5. The van der Waals surface area contributed by atoms with Gasteiger partial charge in [-0.15, -0.1) is 0 Å². The molecule has 0 radical (unpaired) electrons. The number of rotatable bonds is 13. The van der Waals surface area contributed by atoms with Crippen molar-refractivity contribution in [2.24, 2.45) is 11.8 Å². The lowest BCUT2D eigenvalue weighted by atomic mass is 9.89. The van der Waals surface area contributed by atoms with E-state index in [1.165, 1.54) is 5.56 Å². The highest BCUT2D eigenvalue weighted by Gasteiger charge is 2.28. The Balaban J connectivity index is 1.76. The molecule has 1 aromatic carbocycles. The number of aliphatic hydroxyl groups is 3. The summed E-state index contributed by atoms with van der Waals surface area (Å²) in [5.41, 5.74) is 2.66. The molecule has 5 nitrogen and oxygen atoms in total. The standard InChI is InChI=1S/C33H44O5/c1-23(13-9-10-20-29(34)21-22-30-33(37)26(4)32(36)27(5)38-30)14-11-15-24(2)31(35)25(3)16-12-19-28-17-7-6-8-18-28/h6-11,13-15,17-18,20,22,24-25,27,29,31,34-35,37H,12,16,19,21H2,1-5H3/b13-9+,15-11+,20-10-,23-14+,30-22+. The van der Waals surface area contributed by atoms with Crippen molar-refractivity contribution in [3.63, 3.8) is 0 Å². The Hall–Kier alpha value is -3.15. The Bertz CT molecular complexity index is 1070. The van der Waals surface area contributed by atoms with E-state index >= 15 is 0 Å². The van der Waals surface area contributed by atoms with E-state index < -0.39 is 12.2 Å². The average molecular weight is 521 g/mol. The highest BCUT2D eigenvalue weighted by Crippen LogP contribution is 2.25. The molecule has 5 atom stereocenters. The largest absolute Gasteiger partial charge is 0.504 e. The van der Waals surface area contributed by atoms with E-state index in [-0.39, 0.29) is 47.2 Å². The molecule has 0 amide bonds. The third-order valence-electron chi connectivity index (χ3n) is 6.84. The normalized spacial score (nSPS) is 21.4. The molecule has 0 bridgehead atoms. The fourth-order valence-corrected chi connectivity index (χ4v) is 4.27. The van der Waals surface area contributed by atoms with Gasteiger partial charge < -0.3 is 20.1 Å². The minimum absolute atomic E-state index is 0.0613. The summed E-state index contributed by atoms with van der Waals surface area (Å²) >= 11 is 0. The molecule has 0 spiro atoms. The number of benzene rings is 1. The SMILES string of the molecule is CC1=C(O)/C(=C\CC(O)\C=C/C=C/C(C)=C/C=C/C(C)C(O)C(C)CCCc2ccccc2)OC(C)C1=O. The minimum Gasteiger partial charge on any atom is -0.504 e. The molecule has 0 aliphatic carbocycles. The monoisotopic (exact) mass is 520 g/mol. The van der Waals surface area contributed by atoms with Gasteiger partial charge in [-0.3, -0.25) is 4.79 Å². The fourth-order valence-electron chi connectivity index (χ4n) is 4.27. The van der Waals surface area contributed by atoms with E-state index in [1.54, 1.807) is 32.1 Å². The molecule has 5 unspecified atom stereocenters. The van der Waals surface area contributed by atoms with Crippen LogP contribution in [-0.4, -0.2) is 39.4 Å². The van der Waals surface area contributed by atoms with Gasteiger partial charge in [0.05, 0.1) is 12.2 Å². The van der Waals surface area contributed by atoms with Crippen LogP contribution in [0.2, 0.25) is 0 Å². The number of ether oxygens (including phenoxy) is 1. The number of ketones is 1. The maximum atomic E-state index is 11.8. The summed E-state index contributed by atoms with van der Waals surface area (Å²) in [5, 5.41) is 31.0. The van der Waals surface area contributed by atoms with E-state index in [4.69, 9.17) is 4.74 Å². The lowest BCUT2D eigenvalue weighted by Gasteiger charge is -2.23. The maximum absolute atomic E-state index is 11.8. The minimum atomic E-state index is -0.752. The summed E-state index contributed by atoms with van der Waals surface area (Å²) < 4.78 is 5.43. The molecule has 5 heteroatoms. The van der Waals surface area contributed by atoms with Crippen LogP contribution < -0.4 is 0 Å². The fraction of sp³-hybridized carbons (Fsp3) is 0.424. The van der Waals surface area contributed by atoms with Crippen LogP contribution in [-0.2, 0) is 16.0 Å². The van der Waals surface area contributed by atoms with Gasteiger partial charge in [0.25, 0.3) is 0 Å². The Kier molecular flexibility index (Phi) is 13.0. The molecular weight excluding hydrogens is 476 g/mol. The van der Waals surface area contributed by atoms with Crippen molar-refractivity contribution in [1.29, 1.82) is 0 Å². The molecular formula is C33H44O5. The average Bonchev–Trinajstić information content (AvgIpc) is 2.91. The second-order valence-electron chi connectivity index (χ2n) is 10.2. The summed E-state index contributed by atoms with van der Waals surface area (Å²) in [5.74, 6) is 0.112. The Morgan fingerprint density at radius 3 is 2.50 bits per heavy atom. The number of Topliss-reactive ketones (excluding diaryl/α,β-unsaturated/α-hetero) is 1. The van der Waals surface area contributed by atoms with E-state index in [9.17, 15) is 20.1 Å². The molecule has 3 N–H and O–H groups in total. The summed E-state index contributed by atoms with van der Waals surface area (Å²) in [6, 6.07) is 10.5. The molecule has 0 saturated heterocycles. The summed E-state index contributed by atoms with van der Waals surface area (Å²) in [6.07, 6.45) is 16.4. The summed E-state index contributed by atoms with van der Waals surface area (Å²) in [4.78, 5) is 11.8. The van der Waals surface area contributed by atoms with Crippen molar-refractivity contribution in [1.82, 2.24) is 0 Å². The van der Waals surface area contributed by atoms with Gasteiger partial charge in [0, 0.05) is 11.5 Å². The summed E-state index contributed by atoms with van der Waals surface area (Å²) in [6.45, 7) is 9.35. The zero-order valence-electron chi connectivity index (χ0n) is 23.4. The van der Waals surface area contributed by atoms with Crippen LogP contribution in [0.15, 0.2) is 102 Å². The van der Waals surface area contributed by atoms with E-state index in [0.717, 1.165) is 24.8 Å².